The van der Waals surface area contributed by atoms with Crippen molar-refractivity contribution in [3.8, 4) is 0 Å². The topological polar surface area (TPSA) is 90.1 Å². The third-order valence-corrected chi connectivity index (χ3v) is 6.05. The number of nitrogens with zero attached hydrogens (tertiary/aromatic N) is 3. The molecule has 1 heterocycles. The second-order valence-corrected chi connectivity index (χ2v) is 8.21. The Bertz CT molecular complexity index is 1290. The van der Waals surface area contributed by atoms with Crippen molar-refractivity contribution in [2.75, 3.05) is 0 Å². The maximum Gasteiger partial charge on any atom is 0.270 e. The standard InChI is InChI=1S/C24H19FN4O3S/c25-21-8-3-4-9-23(21)33-22-11-10-19(29(31)32)14-20(22)24(30)26-15-17-6-1-2-7-18(17)16-28-13-5-12-27-28/h1-14H,15-16H2,(H,26,30). The highest BCUT2D eigenvalue weighted by molar-refractivity contribution is 7.99. The molecule has 0 spiro atoms. The normalized spacial score (nSPS) is 10.7. The molecule has 4 aromatic rings. The van der Waals surface area contributed by atoms with Crippen LogP contribution in [-0.2, 0) is 13.1 Å². The number of carbonyl (C=O) groups is 1. The molecule has 0 saturated carbocycles. The highest BCUT2D eigenvalue weighted by Gasteiger charge is 2.19. The lowest BCUT2D eigenvalue weighted by Gasteiger charge is -2.13. The van der Waals surface area contributed by atoms with Gasteiger partial charge >= 0.3 is 0 Å². The minimum absolute atomic E-state index is 0.113. The number of nitrogens with one attached hydrogen (secondary N) is 1. The summed E-state index contributed by atoms with van der Waals surface area (Å²) in [5, 5.41) is 18.3. The van der Waals surface area contributed by atoms with Crippen molar-refractivity contribution in [1.82, 2.24) is 15.1 Å². The van der Waals surface area contributed by atoms with Crippen LogP contribution >= 0.6 is 11.8 Å². The van der Waals surface area contributed by atoms with Gasteiger partial charge in [-0.15, -0.1) is 0 Å². The van der Waals surface area contributed by atoms with E-state index in [4.69, 9.17) is 0 Å². The summed E-state index contributed by atoms with van der Waals surface area (Å²) in [4.78, 5) is 24.5. The molecule has 0 radical (unpaired) electrons. The van der Waals surface area contributed by atoms with Crippen LogP contribution in [0.5, 0.6) is 0 Å². The predicted octanol–water partition coefficient (Wildman–Crippen LogP) is 5.06. The summed E-state index contributed by atoms with van der Waals surface area (Å²) in [6, 6.07) is 19.6. The molecule has 0 aliphatic rings. The largest absolute Gasteiger partial charge is 0.348 e. The van der Waals surface area contributed by atoms with Gasteiger partial charge in [0.15, 0.2) is 0 Å². The van der Waals surface area contributed by atoms with Crippen LogP contribution in [0.4, 0.5) is 10.1 Å². The van der Waals surface area contributed by atoms with Gasteiger partial charge in [-0.1, -0.05) is 48.2 Å². The molecule has 0 aliphatic carbocycles. The monoisotopic (exact) mass is 462 g/mol. The first-order valence-corrected chi connectivity index (χ1v) is 10.9. The lowest BCUT2D eigenvalue weighted by molar-refractivity contribution is -0.384. The van der Waals surface area contributed by atoms with E-state index in [2.05, 4.69) is 10.4 Å². The van der Waals surface area contributed by atoms with E-state index in [1.54, 1.807) is 29.1 Å². The Hall–Kier alpha value is -3.98. The lowest BCUT2D eigenvalue weighted by Crippen LogP contribution is -2.24. The first-order chi connectivity index (χ1) is 16.0. The molecule has 0 aliphatic heterocycles. The van der Waals surface area contributed by atoms with E-state index < -0.39 is 16.6 Å². The summed E-state index contributed by atoms with van der Waals surface area (Å²) in [6.45, 7) is 0.771. The number of hydrogen-bond acceptors (Lipinski definition) is 5. The van der Waals surface area contributed by atoms with Crippen molar-refractivity contribution < 1.29 is 14.1 Å². The average Bonchev–Trinajstić information content (AvgIpc) is 3.33. The van der Waals surface area contributed by atoms with Crippen molar-refractivity contribution in [3.63, 3.8) is 0 Å². The van der Waals surface area contributed by atoms with Gasteiger partial charge < -0.3 is 5.32 Å². The maximum atomic E-state index is 14.1. The van der Waals surface area contributed by atoms with Gasteiger partial charge in [0.25, 0.3) is 11.6 Å². The van der Waals surface area contributed by atoms with Gasteiger partial charge in [-0.2, -0.15) is 5.10 Å². The second kappa shape index (κ2) is 10.1. The van der Waals surface area contributed by atoms with Crippen LogP contribution in [0.3, 0.4) is 0 Å². The van der Waals surface area contributed by atoms with E-state index in [0.717, 1.165) is 22.9 Å². The highest BCUT2D eigenvalue weighted by Crippen LogP contribution is 2.34. The number of halogens is 1. The molecule has 4 rings (SSSR count). The van der Waals surface area contributed by atoms with E-state index in [1.807, 2.05) is 36.5 Å². The Balaban J connectivity index is 1.57. The van der Waals surface area contributed by atoms with Crippen LogP contribution in [-0.4, -0.2) is 20.6 Å². The minimum Gasteiger partial charge on any atom is -0.348 e. The van der Waals surface area contributed by atoms with Crippen molar-refractivity contribution in [3.05, 3.63) is 118 Å². The van der Waals surface area contributed by atoms with E-state index in [0.29, 0.717) is 16.3 Å². The van der Waals surface area contributed by atoms with Crippen LogP contribution < -0.4 is 5.32 Å². The third-order valence-electron chi connectivity index (χ3n) is 4.92. The first-order valence-electron chi connectivity index (χ1n) is 10.0. The molecule has 3 aromatic carbocycles. The molecular weight excluding hydrogens is 443 g/mol. The fourth-order valence-corrected chi connectivity index (χ4v) is 4.21. The number of benzene rings is 3. The van der Waals surface area contributed by atoms with Gasteiger partial charge in [-0.25, -0.2) is 4.39 Å². The molecule has 0 atom stereocenters. The summed E-state index contributed by atoms with van der Waals surface area (Å²) in [5.74, 6) is -0.911. The van der Waals surface area contributed by atoms with Gasteiger partial charge in [0.05, 0.1) is 17.0 Å². The molecule has 0 bridgehead atoms. The van der Waals surface area contributed by atoms with E-state index in [1.165, 1.54) is 24.3 Å². The smallest absolute Gasteiger partial charge is 0.270 e. The minimum atomic E-state index is -0.562. The summed E-state index contributed by atoms with van der Waals surface area (Å²) in [6.07, 6.45) is 3.55. The average molecular weight is 463 g/mol. The van der Waals surface area contributed by atoms with Crippen LogP contribution in [0.15, 0.2) is 95.0 Å². The summed E-state index contributed by atoms with van der Waals surface area (Å²) >= 11 is 1.05. The van der Waals surface area contributed by atoms with Crippen LogP contribution in [0.25, 0.3) is 0 Å². The SMILES string of the molecule is O=C(NCc1ccccc1Cn1cccn1)c1cc([N+](=O)[O-])ccc1Sc1ccccc1F. The number of aromatic nitrogens is 2. The Morgan fingerprint density at radius 2 is 1.79 bits per heavy atom. The number of nitro benzene ring substituents is 1. The number of amides is 1. The number of rotatable bonds is 8. The molecule has 33 heavy (non-hydrogen) atoms. The molecule has 7 nitrogen and oxygen atoms in total. The maximum absolute atomic E-state index is 14.1. The molecule has 166 valence electrons. The van der Waals surface area contributed by atoms with Crippen LogP contribution in [0, 0.1) is 15.9 Å². The summed E-state index contributed by atoms with van der Waals surface area (Å²) < 4.78 is 15.9. The van der Waals surface area contributed by atoms with Gasteiger partial charge in [0, 0.05) is 40.9 Å². The van der Waals surface area contributed by atoms with Gasteiger partial charge in [-0.3, -0.25) is 19.6 Å². The van der Waals surface area contributed by atoms with E-state index in [-0.39, 0.29) is 17.8 Å². The predicted molar refractivity (Wildman–Crippen MR) is 123 cm³/mol. The number of carbonyl (C=O) groups excluding carboxylic acids is 1. The molecule has 9 heteroatoms. The fraction of sp³-hybridized carbons (Fsp3) is 0.0833. The first kappa shape index (κ1) is 22.2. The third kappa shape index (κ3) is 5.45. The molecule has 0 fully saturated rings. The molecule has 1 N–H and O–H groups in total. The Labute approximate surface area is 193 Å². The van der Waals surface area contributed by atoms with Crippen LogP contribution in [0.1, 0.15) is 21.5 Å². The molecule has 0 unspecified atom stereocenters. The Morgan fingerprint density at radius 1 is 1.03 bits per heavy atom. The Kier molecular flexibility index (Phi) is 6.80. The van der Waals surface area contributed by atoms with Crippen LogP contribution in [0.2, 0.25) is 0 Å². The Morgan fingerprint density at radius 3 is 2.52 bits per heavy atom. The highest BCUT2D eigenvalue weighted by atomic mass is 32.2. The van der Waals surface area contributed by atoms with Gasteiger partial charge in [0.1, 0.15) is 5.82 Å². The number of hydrogen-bond donors (Lipinski definition) is 1. The molecule has 1 aromatic heterocycles. The van der Waals surface area contributed by atoms with Gasteiger partial charge in [0.2, 0.25) is 0 Å². The number of nitro groups is 1. The fourth-order valence-electron chi connectivity index (χ4n) is 3.27. The van der Waals surface area contributed by atoms with Crippen molar-refractivity contribution >= 4 is 23.4 Å². The summed E-state index contributed by atoms with van der Waals surface area (Å²) in [7, 11) is 0. The van der Waals surface area contributed by atoms with Crippen molar-refractivity contribution in [2.24, 2.45) is 0 Å². The quantitative estimate of drug-likeness (QED) is 0.292. The van der Waals surface area contributed by atoms with Crippen molar-refractivity contribution in [2.45, 2.75) is 22.9 Å². The molecule has 0 saturated heterocycles. The zero-order chi connectivity index (χ0) is 23.2. The lowest BCUT2D eigenvalue weighted by atomic mass is 10.1. The number of non-ortho nitro benzene ring substituents is 1. The molecule has 1 amide bonds. The van der Waals surface area contributed by atoms with E-state index >= 15 is 0 Å². The summed E-state index contributed by atoms with van der Waals surface area (Å²) in [5.41, 5.74) is 1.79. The zero-order valence-corrected chi connectivity index (χ0v) is 18.2. The zero-order valence-electron chi connectivity index (χ0n) is 17.3. The van der Waals surface area contributed by atoms with Crippen molar-refractivity contribution in [1.29, 1.82) is 0 Å². The molecular formula is C24H19FN4O3S. The second-order valence-electron chi connectivity index (χ2n) is 7.13. The van der Waals surface area contributed by atoms with Gasteiger partial charge in [-0.05, 0) is 35.4 Å². The van der Waals surface area contributed by atoms with E-state index in [9.17, 15) is 19.3 Å².